The molecule has 15 heavy (non-hydrogen) atoms. The predicted octanol–water partition coefficient (Wildman–Crippen LogP) is -1.20. The lowest BCUT2D eigenvalue weighted by molar-refractivity contribution is -0.308. The average Bonchev–Trinajstić information content (AvgIpc) is 1.99. The predicted molar refractivity (Wildman–Crippen MR) is 53.2 cm³/mol. The molecular formula is C8H22N2O5. The van der Waals surface area contributed by atoms with Crippen LogP contribution in [-0.4, -0.2) is 23.7 Å². The van der Waals surface area contributed by atoms with Crippen molar-refractivity contribution in [2.75, 3.05) is 6.61 Å². The number of rotatable bonds is 5. The van der Waals surface area contributed by atoms with E-state index in [9.17, 15) is 19.8 Å². The molecule has 0 atom stereocenters. The Morgan fingerprint density at radius 3 is 1.33 bits per heavy atom. The molecule has 0 rings (SSSR count). The normalized spacial score (nSPS) is 7.33. The number of aliphatic carboxylic acids is 2. The second kappa shape index (κ2) is 18.6. The van der Waals surface area contributed by atoms with Crippen molar-refractivity contribution >= 4 is 11.9 Å². The number of aliphatic hydroxyl groups is 1. The molecule has 9 N–H and O–H groups in total. The Hall–Kier alpha value is -1.18. The third kappa shape index (κ3) is 44.3. The van der Waals surface area contributed by atoms with Crippen LogP contribution < -0.4 is 22.5 Å². The van der Waals surface area contributed by atoms with Gasteiger partial charge in [0.2, 0.25) is 0 Å². The fourth-order valence-electron chi connectivity index (χ4n) is 0.539. The van der Waals surface area contributed by atoms with Gasteiger partial charge >= 0.3 is 0 Å². The Bertz CT molecular complexity index is 136. The Kier molecular flexibility index (Phi) is 29.2. The van der Waals surface area contributed by atoms with Gasteiger partial charge in [-0.15, -0.1) is 0 Å². The molecule has 0 unspecified atom stereocenters. The van der Waals surface area contributed by atoms with Crippen LogP contribution in [0.15, 0.2) is 0 Å². The fourth-order valence-corrected chi connectivity index (χ4v) is 0.539. The first-order chi connectivity index (χ1) is 6.04. The van der Waals surface area contributed by atoms with Gasteiger partial charge in [0.25, 0.3) is 0 Å². The summed E-state index contributed by atoms with van der Waals surface area (Å²) in [6.45, 7) is 1.93. The van der Waals surface area contributed by atoms with Crippen LogP contribution in [0.5, 0.6) is 0 Å². The summed E-state index contributed by atoms with van der Waals surface area (Å²) in [5.41, 5.74) is 0. The van der Waals surface area contributed by atoms with Gasteiger partial charge in [-0.1, -0.05) is 0 Å². The fraction of sp³-hybridized carbons (Fsp3) is 0.750. The minimum atomic E-state index is -1.14. The molecule has 0 aliphatic carbocycles. The topological polar surface area (TPSA) is 173 Å². The van der Waals surface area contributed by atoms with Gasteiger partial charge in [0.1, 0.15) is 0 Å². The summed E-state index contributed by atoms with van der Waals surface area (Å²) < 4.78 is 0. The van der Waals surface area contributed by atoms with Crippen molar-refractivity contribution in [2.24, 2.45) is 0 Å². The minimum absolute atomic E-state index is 0. The van der Waals surface area contributed by atoms with Crippen molar-refractivity contribution in [2.45, 2.75) is 32.6 Å². The van der Waals surface area contributed by atoms with Gasteiger partial charge in [-0.3, -0.25) is 0 Å². The zero-order valence-corrected chi connectivity index (χ0v) is 9.62. The SMILES string of the molecule is CCO.O=C([O-])CCCCC(=O)[O-].[NH4+].[NH4+]. The van der Waals surface area contributed by atoms with Crippen molar-refractivity contribution in [3.05, 3.63) is 0 Å². The largest absolute Gasteiger partial charge is 0.550 e. The number of carboxylic acid groups (broad SMARTS) is 2. The van der Waals surface area contributed by atoms with Crippen LogP contribution in [-0.2, 0) is 9.59 Å². The van der Waals surface area contributed by atoms with Gasteiger partial charge in [0.05, 0.1) is 0 Å². The Morgan fingerprint density at radius 1 is 1.00 bits per heavy atom. The lowest BCUT2D eigenvalue weighted by atomic mass is 10.2. The summed E-state index contributed by atoms with van der Waals surface area (Å²) in [4.78, 5) is 19.5. The third-order valence-electron chi connectivity index (χ3n) is 1.01. The number of unbranched alkanes of at least 4 members (excludes halogenated alkanes) is 1. The lowest BCUT2D eigenvalue weighted by Crippen LogP contribution is -2.23. The highest BCUT2D eigenvalue weighted by Crippen LogP contribution is 1.96. The molecule has 0 amide bonds. The molecule has 0 bridgehead atoms. The van der Waals surface area contributed by atoms with E-state index in [1.54, 1.807) is 6.92 Å². The number of carbonyl (C=O) groups is 2. The highest BCUT2D eigenvalue weighted by molar-refractivity contribution is 5.65. The molecule has 0 aromatic heterocycles. The molecule has 0 saturated heterocycles. The molecule has 0 heterocycles. The summed E-state index contributed by atoms with van der Waals surface area (Å²) in [6.07, 6.45) is 0.535. The molecule has 0 radical (unpaired) electrons. The molecule has 94 valence electrons. The number of quaternary nitrogens is 2. The highest BCUT2D eigenvalue weighted by atomic mass is 16.4. The van der Waals surface area contributed by atoms with Crippen LogP contribution in [0.1, 0.15) is 32.6 Å². The van der Waals surface area contributed by atoms with Crippen LogP contribution in [0.2, 0.25) is 0 Å². The van der Waals surface area contributed by atoms with Crippen LogP contribution >= 0.6 is 0 Å². The molecule has 0 saturated carbocycles. The molecule has 0 aliphatic heterocycles. The van der Waals surface area contributed by atoms with Crippen LogP contribution in [0, 0.1) is 0 Å². The van der Waals surface area contributed by atoms with Gasteiger partial charge in [0, 0.05) is 18.5 Å². The summed E-state index contributed by atoms with van der Waals surface area (Å²) in [6, 6.07) is 0. The van der Waals surface area contributed by atoms with E-state index in [4.69, 9.17) is 5.11 Å². The van der Waals surface area contributed by atoms with Gasteiger partial charge in [-0.25, -0.2) is 0 Å². The maximum Gasteiger partial charge on any atom is 0.0414 e. The monoisotopic (exact) mass is 226 g/mol. The second-order valence-electron chi connectivity index (χ2n) is 2.27. The Labute approximate surface area is 89.3 Å². The molecule has 0 aliphatic rings. The average molecular weight is 226 g/mol. The number of hydrogen-bond acceptors (Lipinski definition) is 5. The van der Waals surface area contributed by atoms with E-state index >= 15 is 0 Å². The first-order valence-electron chi connectivity index (χ1n) is 4.05. The highest BCUT2D eigenvalue weighted by Gasteiger charge is 1.89. The van der Waals surface area contributed by atoms with Gasteiger partial charge in [-0.2, -0.15) is 0 Å². The van der Waals surface area contributed by atoms with Gasteiger partial charge in [-0.05, 0) is 32.6 Å². The van der Waals surface area contributed by atoms with Crippen LogP contribution in [0.3, 0.4) is 0 Å². The molecule has 0 aromatic carbocycles. The molecular weight excluding hydrogens is 204 g/mol. The number of carbonyl (C=O) groups excluding carboxylic acids is 2. The van der Waals surface area contributed by atoms with Gasteiger partial charge < -0.3 is 37.2 Å². The standard InChI is InChI=1S/C6H10O4.C2H6O.2H3N/c7-5(8)3-1-2-4-6(9)10;1-2-3;;/h1-4H2,(H,7,8)(H,9,10);3H,2H2,1H3;2*1H3. The zero-order chi connectivity index (χ0) is 10.7. The van der Waals surface area contributed by atoms with Crippen molar-refractivity contribution in [1.82, 2.24) is 12.3 Å². The molecule has 0 spiro atoms. The Morgan fingerprint density at radius 2 is 1.20 bits per heavy atom. The maximum absolute atomic E-state index is 9.77. The first kappa shape index (κ1) is 23.6. The van der Waals surface area contributed by atoms with Crippen LogP contribution in [0.4, 0.5) is 0 Å². The summed E-state index contributed by atoms with van der Waals surface area (Å²) in [5, 5.41) is 27.1. The first-order valence-corrected chi connectivity index (χ1v) is 4.05. The molecule has 7 heteroatoms. The van der Waals surface area contributed by atoms with Crippen molar-refractivity contribution in [3.8, 4) is 0 Å². The van der Waals surface area contributed by atoms with E-state index in [2.05, 4.69) is 0 Å². The number of aliphatic hydroxyl groups excluding tert-OH is 1. The van der Waals surface area contributed by atoms with Crippen LogP contribution in [0.25, 0.3) is 0 Å². The maximum atomic E-state index is 9.77. The van der Waals surface area contributed by atoms with E-state index < -0.39 is 11.9 Å². The molecule has 7 nitrogen and oxygen atoms in total. The molecule has 0 aromatic rings. The summed E-state index contributed by atoms with van der Waals surface area (Å²) in [5.74, 6) is -2.28. The van der Waals surface area contributed by atoms with E-state index in [-0.39, 0.29) is 31.7 Å². The quantitative estimate of drug-likeness (QED) is 0.498. The minimum Gasteiger partial charge on any atom is -0.550 e. The molecule has 0 fully saturated rings. The number of hydrogen-bond donors (Lipinski definition) is 3. The Balaban J connectivity index is -0.000000108. The lowest BCUT2D eigenvalue weighted by Gasteiger charge is -2.01. The van der Waals surface area contributed by atoms with Gasteiger partial charge in [0.15, 0.2) is 0 Å². The van der Waals surface area contributed by atoms with Crippen molar-refractivity contribution in [3.63, 3.8) is 0 Å². The third-order valence-corrected chi connectivity index (χ3v) is 1.01. The van der Waals surface area contributed by atoms with E-state index in [0.717, 1.165) is 0 Å². The zero-order valence-electron chi connectivity index (χ0n) is 9.62. The summed E-state index contributed by atoms with van der Waals surface area (Å²) in [7, 11) is 0. The van der Waals surface area contributed by atoms with Crippen molar-refractivity contribution in [1.29, 1.82) is 0 Å². The summed E-state index contributed by atoms with van der Waals surface area (Å²) >= 11 is 0. The smallest absolute Gasteiger partial charge is 0.0414 e. The van der Waals surface area contributed by atoms with E-state index in [1.165, 1.54) is 0 Å². The van der Waals surface area contributed by atoms with Crippen molar-refractivity contribution < 1.29 is 24.9 Å². The second-order valence-corrected chi connectivity index (χ2v) is 2.27. The van der Waals surface area contributed by atoms with E-state index in [0.29, 0.717) is 12.8 Å². The van der Waals surface area contributed by atoms with E-state index in [1.807, 2.05) is 0 Å². The number of carboxylic acids is 2.